The van der Waals surface area contributed by atoms with Crippen LogP contribution < -0.4 is 10.1 Å². The van der Waals surface area contributed by atoms with Crippen LogP contribution in [-0.2, 0) is 4.79 Å². The van der Waals surface area contributed by atoms with Crippen molar-refractivity contribution < 1.29 is 9.53 Å². The number of piperidine rings is 1. The number of rotatable bonds is 4. The second kappa shape index (κ2) is 7.64. The van der Waals surface area contributed by atoms with E-state index in [1.807, 2.05) is 12.1 Å². The number of benzene rings is 1. The Labute approximate surface area is 151 Å². The van der Waals surface area contributed by atoms with Crippen LogP contribution in [0, 0.1) is 17.2 Å². The quantitative estimate of drug-likeness (QED) is 0.911. The lowest BCUT2D eigenvalue weighted by atomic mass is 9.96. The summed E-state index contributed by atoms with van der Waals surface area (Å²) in [4.78, 5) is 19.9. The smallest absolute Gasteiger partial charge is 0.229 e. The Kier molecular flexibility index (Phi) is 5.31. The fourth-order valence-electron chi connectivity index (χ4n) is 2.88. The summed E-state index contributed by atoms with van der Waals surface area (Å²) in [6.45, 7) is 1.90. The van der Waals surface area contributed by atoms with Crippen molar-refractivity contribution in [2.24, 2.45) is 5.92 Å². The number of nitriles is 1. The molecule has 1 aliphatic heterocycles. The molecule has 1 amide bonds. The number of nitrogens with zero attached hydrogens (tertiary/aromatic N) is 3. The highest BCUT2D eigenvalue weighted by molar-refractivity contribution is 7.19. The molecule has 2 heterocycles. The van der Waals surface area contributed by atoms with Gasteiger partial charge in [-0.05, 0) is 50.7 Å². The number of likely N-dealkylation sites (tertiary alicyclic amines) is 1. The van der Waals surface area contributed by atoms with Crippen LogP contribution in [0.15, 0.2) is 24.4 Å². The van der Waals surface area contributed by atoms with E-state index in [0.717, 1.165) is 36.4 Å². The number of amides is 1. The molecule has 0 atom stereocenters. The molecule has 3 rings (SSSR count). The van der Waals surface area contributed by atoms with Gasteiger partial charge in [-0.1, -0.05) is 17.4 Å². The summed E-state index contributed by atoms with van der Waals surface area (Å²) >= 11 is 1.42. The predicted octanol–water partition coefficient (Wildman–Crippen LogP) is 2.97. The van der Waals surface area contributed by atoms with Crippen LogP contribution in [0.25, 0.3) is 10.4 Å². The fourth-order valence-corrected chi connectivity index (χ4v) is 3.70. The number of hydrogen-bond acceptors (Lipinski definition) is 6. The molecule has 7 heteroatoms. The SMILES string of the molecule is COc1cc(-c2cnc(NC(=O)C3CCN(C)CC3)s2)ccc1C#N. The van der Waals surface area contributed by atoms with Gasteiger partial charge in [-0.15, -0.1) is 0 Å². The van der Waals surface area contributed by atoms with Gasteiger partial charge in [0.25, 0.3) is 0 Å². The van der Waals surface area contributed by atoms with E-state index in [2.05, 4.69) is 28.3 Å². The zero-order valence-corrected chi connectivity index (χ0v) is 15.1. The predicted molar refractivity (Wildman–Crippen MR) is 97.7 cm³/mol. The van der Waals surface area contributed by atoms with Crippen molar-refractivity contribution in [1.29, 1.82) is 5.26 Å². The Morgan fingerprint density at radius 2 is 2.20 bits per heavy atom. The zero-order valence-electron chi connectivity index (χ0n) is 14.3. The van der Waals surface area contributed by atoms with Crippen molar-refractivity contribution >= 4 is 22.4 Å². The van der Waals surface area contributed by atoms with E-state index in [1.54, 1.807) is 19.4 Å². The third-order valence-corrected chi connectivity index (χ3v) is 5.39. The van der Waals surface area contributed by atoms with Crippen LogP contribution in [0.5, 0.6) is 5.75 Å². The molecule has 0 bridgehead atoms. The monoisotopic (exact) mass is 356 g/mol. The number of aromatic nitrogens is 1. The first-order valence-corrected chi connectivity index (χ1v) is 8.96. The molecule has 1 N–H and O–H groups in total. The van der Waals surface area contributed by atoms with E-state index in [1.165, 1.54) is 11.3 Å². The van der Waals surface area contributed by atoms with Crippen molar-refractivity contribution in [2.45, 2.75) is 12.8 Å². The lowest BCUT2D eigenvalue weighted by molar-refractivity contribution is -0.121. The molecule has 1 aliphatic rings. The molecule has 0 saturated carbocycles. The molecule has 1 aromatic carbocycles. The van der Waals surface area contributed by atoms with E-state index in [0.29, 0.717) is 16.4 Å². The Morgan fingerprint density at radius 1 is 1.44 bits per heavy atom. The lowest BCUT2D eigenvalue weighted by Crippen LogP contribution is -2.35. The number of hydrogen-bond donors (Lipinski definition) is 1. The number of nitrogens with one attached hydrogen (secondary N) is 1. The molecule has 6 nitrogen and oxygen atoms in total. The topological polar surface area (TPSA) is 78.2 Å². The highest BCUT2D eigenvalue weighted by atomic mass is 32.1. The summed E-state index contributed by atoms with van der Waals surface area (Å²) in [6, 6.07) is 7.50. The largest absolute Gasteiger partial charge is 0.495 e. The van der Waals surface area contributed by atoms with Gasteiger partial charge in [0.1, 0.15) is 11.8 Å². The van der Waals surface area contributed by atoms with E-state index in [9.17, 15) is 4.79 Å². The number of ether oxygens (including phenoxy) is 1. The minimum atomic E-state index is 0.0476. The van der Waals surface area contributed by atoms with Crippen LogP contribution in [0.2, 0.25) is 0 Å². The summed E-state index contributed by atoms with van der Waals surface area (Å²) < 4.78 is 5.25. The second-order valence-corrected chi connectivity index (χ2v) is 7.15. The van der Waals surface area contributed by atoms with Gasteiger partial charge >= 0.3 is 0 Å². The second-order valence-electron chi connectivity index (χ2n) is 6.12. The lowest BCUT2D eigenvalue weighted by Gasteiger charge is -2.27. The van der Waals surface area contributed by atoms with Gasteiger partial charge in [-0.25, -0.2) is 4.98 Å². The summed E-state index contributed by atoms with van der Waals surface area (Å²) in [5.74, 6) is 0.635. The molecule has 2 aromatic rings. The highest BCUT2D eigenvalue weighted by Crippen LogP contribution is 2.33. The summed E-state index contributed by atoms with van der Waals surface area (Å²) in [6.07, 6.45) is 3.50. The van der Waals surface area contributed by atoms with E-state index < -0.39 is 0 Å². The molecular weight excluding hydrogens is 336 g/mol. The van der Waals surface area contributed by atoms with Gasteiger partial charge in [0.15, 0.2) is 5.13 Å². The maximum Gasteiger partial charge on any atom is 0.229 e. The zero-order chi connectivity index (χ0) is 17.8. The van der Waals surface area contributed by atoms with Crippen LogP contribution in [0.1, 0.15) is 18.4 Å². The maximum atomic E-state index is 12.4. The first kappa shape index (κ1) is 17.4. The van der Waals surface area contributed by atoms with E-state index >= 15 is 0 Å². The summed E-state index contributed by atoms with van der Waals surface area (Å²) in [5.41, 5.74) is 1.40. The Hall–Kier alpha value is -2.43. The van der Waals surface area contributed by atoms with Crippen molar-refractivity contribution in [1.82, 2.24) is 9.88 Å². The molecule has 1 fully saturated rings. The van der Waals surface area contributed by atoms with Gasteiger partial charge in [0, 0.05) is 12.1 Å². The van der Waals surface area contributed by atoms with Crippen LogP contribution in [0.3, 0.4) is 0 Å². The number of thiazole rings is 1. The number of carbonyl (C=O) groups is 1. The third kappa shape index (κ3) is 3.98. The first-order chi connectivity index (χ1) is 12.1. The molecule has 25 heavy (non-hydrogen) atoms. The summed E-state index contributed by atoms with van der Waals surface area (Å²) in [7, 11) is 3.62. The maximum absolute atomic E-state index is 12.4. The van der Waals surface area contributed by atoms with Crippen molar-refractivity contribution in [3.05, 3.63) is 30.0 Å². The van der Waals surface area contributed by atoms with E-state index in [-0.39, 0.29) is 11.8 Å². The average Bonchev–Trinajstić information content (AvgIpc) is 3.10. The van der Waals surface area contributed by atoms with Crippen molar-refractivity contribution in [2.75, 3.05) is 32.6 Å². The number of anilines is 1. The minimum Gasteiger partial charge on any atom is -0.495 e. The highest BCUT2D eigenvalue weighted by Gasteiger charge is 2.24. The molecule has 0 unspecified atom stereocenters. The molecule has 0 radical (unpaired) electrons. The molecule has 0 spiro atoms. The fraction of sp³-hybridized carbons (Fsp3) is 0.389. The molecule has 1 saturated heterocycles. The van der Waals surface area contributed by atoms with E-state index in [4.69, 9.17) is 10.00 Å². The normalized spacial score (nSPS) is 15.6. The van der Waals surface area contributed by atoms with Crippen molar-refractivity contribution in [3.63, 3.8) is 0 Å². The molecule has 130 valence electrons. The first-order valence-electron chi connectivity index (χ1n) is 8.14. The third-order valence-electron chi connectivity index (χ3n) is 4.43. The average molecular weight is 356 g/mol. The van der Waals surface area contributed by atoms with Crippen LogP contribution in [-0.4, -0.2) is 43.0 Å². The standard InChI is InChI=1S/C18H20N4O2S/c1-22-7-5-12(6-8-22)17(23)21-18-20-11-16(25-18)13-3-4-14(10-19)15(9-13)24-2/h3-4,9,11-12H,5-8H2,1-2H3,(H,20,21,23). The molecule has 1 aromatic heterocycles. The Morgan fingerprint density at radius 3 is 2.88 bits per heavy atom. The van der Waals surface area contributed by atoms with Crippen molar-refractivity contribution in [3.8, 4) is 22.3 Å². The molecular formula is C18H20N4O2S. The minimum absolute atomic E-state index is 0.0476. The summed E-state index contributed by atoms with van der Waals surface area (Å²) in [5, 5.41) is 12.6. The van der Waals surface area contributed by atoms with Gasteiger partial charge in [0.2, 0.25) is 5.91 Å². The Balaban J connectivity index is 1.70. The van der Waals surface area contributed by atoms with Gasteiger partial charge in [-0.2, -0.15) is 5.26 Å². The Bertz CT molecular complexity index is 804. The van der Waals surface area contributed by atoms with Gasteiger partial charge < -0.3 is 15.0 Å². The van der Waals surface area contributed by atoms with Gasteiger partial charge in [0.05, 0.1) is 17.6 Å². The number of carbonyl (C=O) groups excluding carboxylic acids is 1. The van der Waals surface area contributed by atoms with Crippen LogP contribution in [0.4, 0.5) is 5.13 Å². The van der Waals surface area contributed by atoms with Crippen LogP contribution >= 0.6 is 11.3 Å². The molecule has 0 aliphatic carbocycles. The van der Waals surface area contributed by atoms with Gasteiger partial charge in [-0.3, -0.25) is 4.79 Å². The number of methoxy groups -OCH3 is 1.